The van der Waals surface area contributed by atoms with Crippen LogP contribution in [0.25, 0.3) is 0 Å². The molecule has 1 unspecified atom stereocenters. The summed E-state index contributed by atoms with van der Waals surface area (Å²) in [5, 5.41) is 9.68. The molecule has 1 rings (SSSR count). The first-order valence-electron chi connectivity index (χ1n) is 6.14. The monoisotopic (exact) mass is 239 g/mol. The van der Waals surface area contributed by atoms with Gasteiger partial charge in [0.2, 0.25) is 0 Å². The van der Waals surface area contributed by atoms with Crippen LogP contribution in [0.3, 0.4) is 0 Å². The molecule has 0 aromatic heterocycles. The molecule has 1 aromatic rings. The van der Waals surface area contributed by atoms with E-state index < -0.39 is 6.10 Å². The summed E-state index contributed by atoms with van der Waals surface area (Å²) < 4.78 is 13.2. The van der Waals surface area contributed by atoms with Crippen LogP contribution >= 0.6 is 0 Å². The SMILES string of the molecule is CCC(C)CN(C)c1ccc(F)cc1[C@@H](C)O. The van der Waals surface area contributed by atoms with E-state index in [4.69, 9.17) is 0 Å². The maximum Gasteiger partial charge on any atom is 0.123 e. The predicted molar refractivity (Wildman–Crippen MR) is 69.8 cm³/mol. The van der Waals surface area contributed by atoms with Gasteiger partial charge in [0.15, 0.2) is 0 Å². The molecule has 1 aromatic carbocycles. The van der Waals surface area contributed by atoms with Gasteiger partial charge in [-0.05, 0) is 31.0 Å². The standard InChI is InChI=1S/C14H22FNO/c1-5-10(2)9-16(4)14-7-6-12(15)8-13(14)11(3)17/h6-8,10-11,17H,5,9H2,1-4H3/t10?,11-/m1/s1. The number of halogens is 1. The van der Waals surface area contributed by atoms with E-state index in [9.17, 15) is 9.50 Å². The third-order valence-corrected chi connectivity index (χ3v) is 3.13. The van der Waals surface area contributed by atoms with Gasteiger partial charge in [-0.15, -0.1) is 0 Å². The summed E-state index contributed by atoms with van der Waals surface area (Å²) in [7, 11) is 1.98. The minimum absolute atomic E-state index is 0.304. The Labute approximate surface area is 103 Å². The molecule has 0 aliphatic heterocycles. The molecule has 0 radical (unpaired) electrons. The highest BCUT2D eigenvalue weighted by atomic mass is 19.1. The van der Waals surface area contributed by atoms with Crippen molar-refractivity contribution in [1.29, 1.82) is 0 Å². The van der Waals surface area contributed by atoms with Crippen LogP contribution in [-0.2, 0) is 0 Å². The van der Waals surface area contributed by atoms with Gasteiger partial charge in [-0.2, -0.15) is 0 Å². The van der Waals surface area contributed by atoms with Crippen LogP contribution in [0.15, 0.2) is 18.2 Å². The van der Waals surface area contributed by atoms with E-state index in [2.05, 4.69) is 18.7 Å². The van der Waals surface area contributed by atoms with Gasteiger partial charge in [0.05, 0.1) is 6.10 Å². The summed E-state index contributed by atoms with van der Waals surface area (Å²) in [4.78, 5) is 2.08. The highest BCUT2D eigenvalue weighted by Crippen LogP contribution is 2.27. The topological polar surface area (TPSA) is 23.5 Å². The Balaban J connectivity index is 2.96. The Bertz CT molecular complexity index is 365. The van der Waals surface area contributed by atoms with Crippen LogP contribution in [-0.4, -0.2) is 18.7 Å². The normalized spacial score (nSPS) is 14.5. The molecule has 0 aliphatic rings. The van der Waals surface area contributed by atoms with Crippen molar-refractivity contribution in [2.45, 2.75) is 33.3 Å². The lowest BCUT2D eigenvalue weighted by atomic mass is 10.0. The summed E-state index contributed by atoms with van der Waals surface area (Å²) in [5.74, 6) is 0.272. The van der Waals surface area contributed by atoms with E-state index in [1.54, 1.807) is 13.0 Å². The number of anilines is 1. The Hall–Kier alpha value is -1.09. The zero-order valence-corrected chi connectivity index (χ0v) is 11.1. The second-order valence-corrected chi connectivity index (χ2v) is 4.77. The van der Waals surface area contributed by atoms with E-state index in [0.717, 1.165) is 18.7 Å². The predicted octanol–water partition coefficient (Wildman–Crippen LogP) is 3.36. The van der Waals surface area contributed by atoms with Gasteiger partial charge < -0.3 is 10.0 Å². The molecular formula is C14H22FNO. The molecule has 0 bridgehead atoms. The van der Waals surface area contributed by atoms with Crippen molar-refractivity contribution in [3.05, 3.63) is 29.6 Å². The second-order valence-electron chi connectivity index (χ2n) is 4.77. The molecule has 0 fully saturated rings. The summed E-state index contributed by atoms with van der Waals surface area (Å²) in [5.41, 5.74) is 1.55. The number of hydrogen-bond donors (Lipinski definition) is 1. The molecule has 17 heavy (non-hydrogen) atoms. The average molecular weight is 239 g/mol. The Morgan fingerprint density at radius 3 is 2.53 bits per heavy atom. The lowest BCUT2D eigenvalue weighted by molar-refractivity contribution is 0.199. The summed E-state index contributed by atoms with van der Waals surface area (Å²) in [6.45, 7) is 6.90. The molecule has 0 amide bonds. The molecule has 1 N–H and O–H groups in total. The van der Waals surface area contributed by atoms with Gasteiger partial charge in [0.1, 0.15) is 5.82 Å². The van der Waals surface area contributed by atoms with E-state index in [-0.39, 0.29) is 5.82 Å². The Kier molecular flexibility index (Phi) is 4.94. The van der Waals surface area contributed by atoms with Crippen LogP contribution in [0.4, 0.5) is 10.1 Å². The molecular weight excluding hydrogens is 217 g/mol. The highest BCUT2D eigenvalue weighted by molar-refractivity contribution is 5.54. The number of nitrogens with zero attached hydrogens (tertiary/aromatic N) is 1. The van der Waals surface area contributed by atoms with Crippen molar-refractivity contribution in [3.63, 3.8) is 0 Å². The maximum absolute atomic E-state index is 13.2. The first kappa shape index (κ1) is 14.0. The Morgan fingerprint density at radius 2 is 2.00 bits per heavy atom. The fourth-order valence-electron chi connectivity index (χ4n) is 1.90. The zero-order valence-electron chi connectivity index (χ0n) is 11.1. The minimum atomic E-state index is -0.653. The van der Waals surface area contributed by atoms with E-state index in [1.807, 2.05) is 7.05 Å². The lowest BCUT2D eigenvalue weighted by Crippen LogP contribution is -2.25. The number of benzene rings is 1. The van der Waals surface area contributed by atoms with Crippen molar-refractivity contribution in [2.75, 3.05) is 18.5 Å². The molecule has 3 heteroatoms. The fraction of sp³-hybridized carbons (Fsp3) is 0.571. The summed E-state index contributed by atoms with van der Waals surface area (Å²) >= 11 is 0. The van der Waals surface area contributed by atoms with Crippen molar-refractivity contribution in [3.8, 4) is 0 Å². The van der Waals surface area contributed by atoms with E-state index in [0.29, 0.717) is 11.5 Å². The summed E-state index contributed by atoms with van der Waals surface area (Å²) in [6, 6.07) is 4.58. The highest BCUT2D eigenvalue weighted by Gasteiger charge is 2.14. The first-order valence-corrected chi connectivity index (χ1v) is 6.14. The largest absolute Gasteiger partial charge is 0.389 e. The van der Waals surface area contributed by atoms with Gasteiger partial charge in [-0.25, -0.2) is 4.39 Å². The number of aliphatic hydroxyl groups is 1. The lowest BCUT2D eigenvalue weighted by Gasteiger charge is -2.26. The minimum Gasteiger partial charge on any atom is -0.389 e. The molecule has 0 saturated heterocycles. The van der Waals surface area contributed by atoms with Crippen LogP contribution in [0.1, 0.15) is 38.9 Å². The van der Waals surface area contributed by atoms with E-state index >= 15 is 0 Å². The molecule has 0 saturated carbocycles. The van der Waals surface area contributed by atoms with Crippen LogP contribution < -0.4 is 4.90 Å². The van der Waals surface area contributed by atoms with Gasteiger partial charge >= 0.3 is 0 Å². The molecule has 96 valence electrons. The molecule has 0 aliphatic carbocycles. The first-order chi connectivity index (χ1) is 7.95. The van der Waals surface area contributed by atoms with Gasteiger partial charge in [0, 0.05) is 24.8 Å². The van der Waals surface area contributed by atoms with Crippen LogP contribution in [0.2, 0.25) is 0 Å². The van der Waals surface area contributed by atoms with Crippen molar-refractivity contribution in [2.24, 2.45) is 5.92 Å². The second kappa shape index (κ2) is 6.01. The fourth-order valence-corrected chi connectivity index (χ4v) is 1.90. The van der Waals surface area contributed by atoms with Crippen molar-refractivity contribution >= 4 is 5.69 Å². The zero-order chi connectivity index (χ0) is 13.0. The molecule has 2 atom stereocenters. The maximum atomic E-state index is 13.2. The smallest absolute Gasteiger partial charge is 0.123 e. The third kappa shape index (κ3) is 3.70. The number of aliphatic hydroxyl groups excluding tert-OH is 1. The van der Waals surface area contributed by atoms with E-state index in [1.165, 1.54) is 12.1 Å². The van der Waals surface area contributed by atoms with Crippen molar-refractivity contribution in [1.82, 2.24) is 0 Å². The van der Waals surface area contributed by atoms with Crippen molar-refractivity contribution < 1.29 is 9.50 Å². The molecule has 0 heterocycles. The quantitative estimate of drug-likeness (QED) is 0.851. The molecule has 0 spiro atoms. The van der Waals surface area contributed by atoms with Crippen LogP contribution in [0.5, 0.6) is 0 Å². The third-order valence-electron chi connectivity index (χ3n) is 3.13. The number of rotatable bonds is 5. The Morgan fingerprint density at radius 1 is 1.35 bits per heavy atom. The van der Waals surface area contributed by atoms with Gasteiger partial charge in [-0.1, -0.05) is 20.3 Å². The average Bonchev–Trinajstić information content (AvgIpc) is 2.28. The van der Waals surface area contributed by atoms with Gasteiger partial charge in [0.25, 0.3) is 0 Å². The van der Waals surface area contributed by atoms with Gasteiger partial charge in [-0.3, -0.25) is 0 Å². The van der Waals surface area contributed by atoms with Crippen LogP contribution in [0, 0.1) is 11.7 Å². The molecule has 2 nitrogen and oxygen atoms in total. The number of hydrogen-bond acceptors (Lipinski definition) is 2. The summed E-state index contributed by atoms with van der Waals surface area (Å²) in [6.07, 6.45) is 0.454.